The van der Waals surface area contributed by atoms with Crippen molar-refractivity contribution in [2.75, 3.05) is 0 Å². The average Bonchev–Trinajstić information content (AvgIpc) is 0. The standard InChI is InChI=1S/Ca.GeH4.H2Se.H4Si.Zn.2H/h;1H4;1H2;1H4;;;. The van der Waals surface area contributed by atoms with Gasteiger partial charge in [-0.25, -0.2) is 0 Å². The van der Waals surface area contributed by atoms with Gasteiger partial charge in [0.2, 0.25) is 0 Å². The summed E-state index contributed by atoms with van der Waals surface area (Å²) in [6.45, 7) is 0. The molecule has 0 radical (unpaired) electrons. The summed E-state index contributed by atoms with van der Waals surface area (Å²) >= 11 is 0. The second kappa shape index (κ2) is 27.2. The zero-order valence-electron chi connectivity index (χ0n) is 1.21. The first-order valence-corrected chi connectivity index (χ1v) is 0. The summed E-state index contributed by atoms with van der Waals surface area (Å²) in [4.78, 5) is 0. The van der Waals surface area contributed by atoms with E-state index >= 15 is 0 Å². The third kappa shape index (κ3) is 19.1. The molecule has 0 amide bonds. The van der Waals surface area contributed by atoms with Crippen molar-refractivity contribution in [1.29, 1.82) is 0 Å². The molecule has 0 aromatic rings. The van der Waals surface area contributed by atoms with E-state index in [4.69, 9.17) is 0 Å². The molecule has 0 aromatic heterocycles. The van der Waals surface area contributed by atoms with Crippen molar-refractivity contribution >= 4 is 83.4 Å². The Hall–Kier alpha value is 3.16. The van der Waals surface area contributed by atoms with E-state index in [2.05, 4.69) is 0 Å². The summed E-state index contributed by atoms with van der Waals surface area (Å²) in [5.41, 5.74) is 0. The minimum Gasteiger partial charge on any atom is -0.0149 e. The summed E-state index contributed by atoms with van der Waals surface area (Å²) < 4.78 is 0. The Bertz CT molecular complexity index is 11.6. The van der Waals surface area contributed by atoms with E-state index in [0.717, 1.165) is 0 Å². The van der Waals surface area contributed by atoms with Gasteiger partial charge in [0.25, 0.3) is 0 Å². The van der Waals surface area contributed by atoms with Crippen LogP contribution >= 0.6 is 0 Å². The third-order valence-electron chi connectivity index (χ3n) is 0. The fraction of sp³-hybridized carbons (Fsp3) is 0. The van der Waals surface area contributed by atoms with E-state index in [9.17, 15) is 0 Å². The van der Waals surface area contributed by atoms with Crippen LogP contribution in [-0.4, -0.2) is 83.4 Å². The van der Waals surface area contributed by atoms with Gasteiger partial charge >= 0.3 is 72.4 Å². The average molecular weight is 297 g/mol. The van der Waals surface area contributed by atoms with Gasteiger partial charge in [-0.2, -0.15) is 0 Å². The molecular weight excluding hydrogens is 285 g/mol. The predicted molar refractivity (Wildman–Crippen MR) is 39.8 cm³/mol. The van der Waals surface area contributed by atoms with E-state index < -0.39 is 0 Å². The first-order chi connectivity index (χ1) is 0. The maximum Gasteiger partial charge on any atom is 0 e. The topological polar surface area (TPSA) is 0 Å². The maximum absolute atomic E-state index is 0. The normalized spacial score (nSPS) is 0. The second-order valence-electron chi connectivity index (χ2n) is 0. The fourth-order valence-corrected chi connectivity index (χ4v) is 0. The molecule has 0 saturated heterocycles. The summed E-state index contributed by atoms with van der Waals surface area (Å²) in [6.07, 6.45) is 0. The van der Waals surface area contributed by atoms with Gasteiger partial charge in [-0.15, -0.1) is 0 Å². The largest absolute Gasteiger partial charge is 0.0149 e. The van der Waals surface area contributed by atoms with Crippen LogP contribution in [0.3, 0.4) is 0 Å². The Morgan fingerprint density at radius 3 is 1.00 bits per heavy atom. The minimum absolute atomic E-state index is 0. The first kappa shape index (κ1) is 41.9. The van der Waals surface area contributed by atoms with E-state index in [1.165, 1.54) is 0 Å². The molecule has 0 spiro atoms. The Balaban J connectivity index is 0. The summed E-state index contributed by atoms with van der Waals surface area (Å²) in [5, 5.41) is 0. The van der Waals surface area contributed by atoms with Crippen LogP contribution in [0.4, 0.5) is 0 Å². The molecular formula is H12CaGeSeSiZn. The van der Waals surface area contributed by atoms with Gasteiger partial charge in [0.1, 0.15) is 0 Å². The predicted octanol–water partition coefficient (Wildman–Crippen LogP) is -4.74. The quantitative estimate of drug-likeness (QED) is 0.394. The van der Waals surface area contributed by atoms with E-state index in [1.54, 1.807) is 0 Å². The number of hydrogen-bond donors (Lipinski definition) is 0. The van der Waals surface area contributed by atoms with Crippen LogP contribution in [0.2, 0.25) is 0 Å². The van der Waals surface area contributed by atoms with Gasteiger partial charge < -0.3 is 0 Å². The minimum atomic E-state index is 0. The van der Waals surface area contributed by atoms with Gasteiger partial charge in [0.05, 0.1) is 0 Å². The monoisotopic (exact) mass is 298 g/mol. The summed E-state index contributed by atoms with van der Waals surface area (Å²) in [5.74, 6) is 0. The molecule has 0 rings (SSSR count). The number of rotatable bonds is 0. The molecule has 30 valence electrons. The van der Waals surface area contributed by atoms with Gasteiger partial charge in [-0.3, -0.25) is 0 Å². The zero-order valence-corrected chi connectivity index (χ0v) is 6.27. The first-order valence-electron chi connectivity index (χ1n) is 0. The van der Waals surface area contributed by atoms with Gasteiger partial charge in [-0.05, 0) is 11.0 Å². The summed E-state index contributed by atoms with van der Waals surface area (Å²) in [6, 6.07) is 0. The van der Waals surface area contributed by atoms with Gasteiger partial charge in [0, 0.05) is 19.5 Å². The van der Waals surface area contributed by atoms with Crippen LogP contribution in [0, 0.1) is 0 Å². The molecule has 0 unspecified atom stereocenters. The smallest absolute Gasteiger partial charge is 0 e. The molecule has 0 fully saturated rings. The van der Waals surface area contributed by atoms with E-state index in [1.807, 2.05) is 0 Å². The Labute approximate surface area is 101 Å². The third-order valence-corrected chi connectivity index (χ3v) is 0. The van der Waals surface area contributed by atoms with Crippen molar-refractivity contribution in [2.45, 2.75) is 0 Å². The molecule has 0 aliphatic rings. The van der Waals surface area contributed by atoms with Crippen LogP contribution < -0.4 is 0 Å². The van der Waals surface area contributed by atoms with Gasteiger partial charge in [-0.1, -0.05) is 0 Å². The van der Waals surface area contributed by atoms with Crippen molar-refractivity contribution < 1.29 is 19.5 Å². The molecule has 0 saturated carbocycles. The summed E-state index contributed by atoms with van der Waals surface area (Å²) in [7, 11) is 0. The Morgan fingerprint density at radius 2 is 1.00 bits per heavy atom. The maximum atomic E-state index is 0. The van der Waals surface area contributed by atoms with Crippen molar-refractivity contribution in [3.8, 4) is 0 Å². The second-order valence-corrected chi connectivity index (χ2v) is 0. The molecule has 0 aliphatic heterocycles. The van der Waals surface area contributed by atoms with Crippen molar-refractivity contribution in [1.82, 2.24) is 0 Å². The Kier molecular flexibility index (Phi) is 228. The molecule has 0 nitrogen and oxygen atoms in total. The van der Waals surface area contributed by atoms with Crippen LogP contribution in [0.15, 0.2) is 0 Å². The fourth-order valence-electron chi connectivity index (χ4n) is 0. The molecule has 0 aromatic carbocycles. The van der Waals surface area contributed by atoms with Crippen molar-refractivity contribution in [3.05, 3.63) is 0 Å². The molecule has 0 aliphatic carbocycles. The van der Waals surface area contributed by atoms with E-state index in [-0.39, 0.29) is 103 Å². The number of hydrogen-bond acceptors (Lipinski definition) is 0. The molecule has 5 heteroatoms. The SMILES string of the molecule is [CaH2].[GeH4].[SeH2].[SiH4].[Zn]. The van der Waals surface area contributed by atoms with Crippen molar-refractivity contribution in [2.24, 2.45) is 0 Å². The van der Waals surface area contributed by atoms with Crippen LogP contribution in [0.5, 0.6) is 0 Å². The van der Waals surface area contributed by atoms with Gasteiger partial charge in [0.15, 0.2) is 0 Å². The van der Waals surface area contributed by atoms with Crippen molar-refractivity contribution in [3.63, 3.8) is 0 Å². The molecule has 0 bridgehead atoms. The van der Waals surface area contributed by atoms with Crippen LogP contribution in [0.1, 0.15) is 0 Å². The Morgan fingerprint density at radius 1 is 1.00 bits per heavy atom. The van der Waals surface area contributed by atoms with Crippen LogP contribution in [0.25, 0.3) is 0 Å². The van der Waals surface area contributed by atoms with Crippen LogP contribution in [-0.2, 0) is 19.5 Å². The zero-order chi connectivity index (χ0) is 0. The molecule has 0 heterocycles. The van der Waals surface area contributed by atoms with E-state index in [0.29, 0.717) is 0 Å². The molecule has 5 heavy (non-hydrogen) atoms. The molecule has 0 atom stereocenters. The molecule has 0 N–H and O–H groups in total.